The van der Waals surface area contributed by atoms with Gasteiger partial charge in [-0.15, -0.1) is 0 Å². The zero-order valence-corrected chi connectivity index (χ0v) is 20.4. The van der Waals surface area contributed by atoms with E-state index in [9.17, 15) is 18.7 Å². The Morgan fingerprint density at radius 2 is 1.97 bits per heavy atom. The number of alkyl halides is 2. The molecule has 1 aromatic carbocycles. The second-order valence-corrected chi connectivity index (χ2v) is 9.84. The first-order valence-corrected chi connectivity index (χ1v) is 12.4. The second kappa shape index (κ2) is 9.82. The number of halogens is 2. The van der Waals surface area contributed by atoms with Gasteiger partial charge in [0, 0.05) is 44.4 Å². The van der Waals surface area contributed by atoms with Gasteiger partial charge >= 0.3 is 6.03 Å². The molecule has 194 valence electrons. The quantitative estimate of drug-likeness (QED) is 0.623. The number of aromatic nitrogens is 1. The Labute approximate surface area is 209 Å². The van der Waals surface area contributed by atoms with Crippen LogP contribution in [-0.2, 0) is 4.74 Å². The van der Waals surface area contributed by atoms with Crippen LogP contribution in [0.1, 0.15) is 24.8 Å². The lowest BCUT2D eigenvalue weighted by molar-refractivity contribution is -0.193. The van der Waals surface area contributed by atoms with Crippen LogP contribution in [0.5, 0.6) is 5.88 Å². The maximum Gasteiger partial charge on any atom is 0.321 e. The van der Waals surface area contributed by atoms with Gasteiger partial charge < -0.3 is 29.7 Å². The Hall–Kier alpha value is -2.98. The Morgan fingerprint density at radius 1 is 1.17 bits per heavy atom. The van der Waals surface area contributed by atoms with E-state index in [0.29, 0.717) is 57.3 Å². The first-order valence-electron chi connectivity index (χ1n) is 12.4. The summed E-state index contributed by atoms with van der Waals surface area (Å²) in [6.07, 6.45) is 0.712. The summed E-state index contributed by atoms with van der Waals surface area (Å²) in [4.78, 5) is 21.1. The van der Waals surface area contributed by atoms with E-state index in [1.165, 1.54) is 4.90 Å². The number of likely N-dealkylation sites (tertiary alicyclic amines) is 1. The summed E-state index contributed by atoms with van der Waals surface area (Å²) in [6, 6.07) is 9.04. The molecule has 0 bridgehead atoms. The summed E-state index contributed by atoms with van der Waals surface area (Å²) in [5.74, 6) is -1.53. The van der Waals surface area contributed by atoms with Crippen LogP contribution < -0.4 is 15.0 Å². The number of carbonyl (C=O) groups is 1. The van der Waals surface area contributed by atoms with Gasteiger partial charge in [0.1, 0.15) is 12.4 Å². The van der Waals surface area contributed by atoms with Crippen LogP contribution in [0.25, 0.3) is 11.1 Å². The highest BCUT2D eigenvalue weighted by Crippen LogP contribution is 2.58. The van der Waals surface area contributed by atoms with E-state index in [-0.39, 0.29) is 32.2 Å². The summed E-state index contributed by atoms with van der Waals surface area (Å²) in [5.41, 5.74) is 2.28. The van der Waals surface area contributed by atoms with Crippen molar-refractivity contribution < 1.29 is 28.2 Å². The molecule has 5 rings (SSSR count). The van der Waals surface area contributed by atoms with Crippen molar-refractivity contribution in [3.8, 4) is 17.0 Å². The molecule has 1 atom stereocenters. The zero-order chi connectivity index (χ0) is 25.3. The fraction of sp³-hybridized carbons (Fsp3) is 0.538. The third kappa shape index (κ3) is 4.71. The van der Waals surface area contributed by atoms with Crippen LogP contribution in [0.15, 0.2) is 30.3 Å². The van der Waals surface area contributed by atoms with E-state index in [0.717, 1.165) is 22.5 Å². The normalized spacial score (nSPS) is 23.0. The number of benzene rings is 1. The van der Waals surface area contributed by atoms with E-state index in [4.69, 9.17) is 9.47 Å². The number of ether oxygens (including phenoxy) is 2. The molecule has 1 saturated carbocycles. The topological polar surface area (TPSA) is 87.2 Å². The average Bonchev–Trinajstić information content (AvgIpc) is 3.37. The minimum atomic E-state index is -2.69. The first-order chi connectivity index (χ1) is 17.3. The van der Waals surface area contributed by atoms with Crippen molar-refractivity contribution in [2.24, 2.45) is 5.41 Å². The molecule has 1 spiro atoms. The van der Waals surface area contributed by atoms with Crippen LogP contribution >= 0.6 is 0 Å². The van der Waals surface area contributed by atoms with E-state index in [1.807, 2.05) is 37.3 Å². The highest BCUT2D eigenvalue weighted by molar-refractivity contribution is 5.91. The highest BCUT2D eigenvalue weighted by atomic mass is 19.3. The monoisotopic (exact) mass is 502 g/mol. The molecule has 2 amide bonds. The third-order valence-electron chi connectivity index (χ3n) is 7.60. The number of aliphatic hydroxyl groups excluding tert-OH is 1. The molecule has 2 aliphatic heterocycles. The van der Waals surface area contributed by atoms with Crippen molar-refractivity contribution in [1.82, 2.24) is 9.88 Å². The Kier molecular flexibility index (Phi) is 6.74. The maximum atomic E-state index is 14.1. The van der Waals surface area contributed by atoms with Gasteiger partial charge in [0.05, 0.1) is 25.2 Å². The largest absolute Gasteiger partial charge is 0.475 e. The fourth-order valence-corrected chi connectivity index (χ4v) is 5.25. The van der Waals surface area contributed by atoms with Gasteiger partial charge in [0.15, 0.2) is 0 Å². The van der Waals surface area contributed by atoms with Crippen LogP contribution in [0.3, 0.4) is 0 Å². The van der Waals surface area contributed by atoms with Gasteiger partial charge in [-0.3, -0.25) is 0 Å². The fourth-order valence-electron chi connectivity index (χ4n) is 5.25. The number of anilines is 2. The number of nitrogens with zero attached hydrogens (tertiary/aromatic N) is 3. The molecule has 0 radical (unpaired) electrons. The standard InChI is InChI=1S/C26H32F2N4O4/c1-18-2-3-20(29-24(34)32-7-6-25(17-32)4-5-26(25,27)28)16-21(18)19-14-22(31-8-11-35-12-9-31)30-23(15-19)36-13-10-33/h2-3,14-16,33H,4-13,17H2,1H3,(H,29,34). The number of hydrogen-bond acceptors (Lipinski definition) is 6. The number of morpholine rings is 1. The predicted octanol–water partition coefficient (Wildman–Crippen LogP) is 3.92. The first kappa shape index (κ1) is 24.7. The lowest BCUT2D eigenvalue weighted by Crippen LogP contribution is -2.53. The molecule has 10 heteroatoms. The summed E-state index contributed by atoms with van der Waals surface area (Å²) in [7, 11) is 0. The summed E-state index contributed by atoms with van der Waals surface area (Å²) in [5, 5.41) is 12.1. The Bertz CT molecular complexity index is 1130. The number of urea groups is 1. The summed E-state index contributed by atoms with van der Waals surface area (Å²) in [6.45, 7) is 5.05. The highest BCUT2D eigenvalue weighted by Gasteiger charge is 2.64. The summed E-state index contributed by atoms with van der Waals surface area (Å²) >= 11 is 0. The molecule has 3 heterocycles. The van der Waals surface area contributed by atoms with Gasteiger partial charge in [-0.05, 0) is 54.7 Å². The molecule has 1 aliphatic carbocycles. The van der Waals surface area contributed by atoms with Gasteiger partial charge in [-0.25, -0.2) is 13.6 Å². The van der Waals surface area contributed by atoms with Gasteiger partial charge in [0.2, 0.25) is 5.88 Å². The van der Waals surface area contributed by atoms with Crippen molar-refractivity contribution in [2.75, 3.05) is 62.8 Å². The molecule has 2 aromatic rings. The molecular weight excluding hydrogens is 470 g/mol. The molecule has 3 aliphatic rings. The van der Waals surface area contributed by atoms with E-state index in [2.05, 4.69) is 15.2 Å². The van der Waals surface area contributed by atoms with Gasteiger partial charge in [0.25, 0.3) is 5.92 Å². The second-order valence-electron chi connectivity index (χ2n) is 9.84. The van der Waals surface area contributed by atoms with Crippen LogP contribution in [0.4, 0.5) is 25.1 Å². The van der Waals surface area contributed by atoms with Crippen LogP contribution in [0, 0.1) is 12.3 Å². The van der Waals surface area contributed by atoms with Gasteiger partial charge in [-0.1, -0.05) is 6.07 Å². The molecule has 2 saturated heterocycles. The SMILES string of the molecule is Cc1ccc(NC(=O)N2CCC3(CCC3(F)F)C2)cc1-c1cc(OCCO)nc(N2CCOCC2)c1. The number of rotatable bonds is 6. The van der Waals surface area contributed by atoms with E-state index in [1.54, 1.807) is 0 Å². The molecule has 36 heavy (non-hydrogen) atoms. The third-order valence-corrected chi connectivity index (χ3v) is 7.60. The number of aryl methyl sites for hydroxylation is 1. The van der Waals surface area contributed by atoms with E-state index < -0.39 is 11.3 Å². The Balaban J connectivity index is 1.37. The zero-order valence-electron chi connectivity index (χ0n) is 20.4. The van der Waals surface area contributed by atoms with Crippen molar-refractivity contribution in [2.45, 2.75) is 32.1 Å². The number of amides is 2. The lowest BCUT2D eigenvalue weighted by Gasteiger charge is -2.46. The van der Waals surface area contributed by atoms with Crippen LogP contribution in [-0.4, -0.2) is 79.6 Å². The van der Waals surface area contributed by atoms with Crippen molar-refractivity contribution in [3.63, 3.8) is 0 Å². The van der Waals surface area contributed by atoms with E-state index >= 15 is 0 Å². The van der Waals surface area contributed by atoms with Crippen molar-refractivity contribution >= 4 is 17.5 Å². The number of nitrogens with one attached hydrogen (secondary N) is 1. The van der Waals surface area contributed by atoms with Crippen molar-refractivity contribution in [1.29, 1.82) is 0 Å². The number of carbonyl (C=O) groups excluding carboxylic acids is 1. The number of hydrogen-bond donors (Lipinski definition) is 2. The Morgan fingerprint density at radius 3 is 2.64 bits per heavy atom. The molecule has 1 aromatic heterocycles. The minimum absolute atomic E-state index is 0.0867. The predicted molar refractivity (Wildman–Crippen MR) is 132 cm³/mol. The molecular formula is C26H32F2N4O4. The smallest absolute Gasteiger partial charge is 0.321 e. The minimum Gasteiger partial charge on any atom is -0.475 e. The van der Waals surface area contributed by atoms with Gasteiger partial charge in [-0.2, -0.15) is 4.98 Å². The summed E-state index contributed by atoms with van der Waals surface area (Å²) < 4.78 is 39.4. The number of pyridine rings is 1. The molecule has 2 N–H and O–H groups in total. The average molecular weight is 503 g/mol. The molecule has 8 nitrogen and oxygen atoms in total. The van der Waals surface area contributed by atoms with Crippen LogP contribution in [0.2, 0.25) is 0 Å². The molecule has 1 unspecified atom stereocenters. The number of aliphatic hydroxyl groups is 1. The van der Waals surface area contributed by atoms with Crippen molar-refractivity contribution in [3.05, 3.63) is 35.9 Å². The maximum absolute atomic E-state index is 14.1. The molecule has 3 fully saturated rings. The lowest BCUT2D eigenvalue weighted by atomic mass is 9.64.